The predicted molar refractivity (Wildman–Crippen MR) is 42.3 cm³/mol. The molecule has 1 nitrogen and oxygen atoms in total. The molecule has 8 heavy (non-hydrogen) atoms. The SMILES string of the molecule is CCSC(=S)N1CC1. The zero-order chi connectivity index (χ0) is 5.98. The number of hydrogen-bond acceptors (Lipinski definition) is 2. The van der Waals surface area contributed by atoms with Crippen molar-refractivity contribution in [3.8, 4) is 0 Å². The number of thioether (sulfide) groups is 1. The summed E-state index contributed by atoms with van der Waals surface area (Å²) in [6.07, 6.45) is 0. The normalized spacial score (nSPS) is 16.4. The van der Waals surface area contributed by atoms with Crippen molar-refractivity contribution >= 4 is 28.3 Å². The summed E-state index contributed by atoms with van der Waals surface area (Å²) in [5, 5.41) is 0. The standard InChI is InChI=1S/C5H9NS2/c1-2-8-5(7)6-3-4-6/h2-4H2,1H3. The summed E-state index contributed by atoms with van der Waals surface area (Å²) in [7, 11) is 0. The maximum atomic E-state index is 5.03. The lowest BCUT2D eigenvalue weighted by atomic mass is 11.0. The summed E-state index contributed by atoms with van der Waals surface area (Å²) < 4.78 is 1.08. The lowest BCUT2D eigenvalue weighted by Crippen LogP contribution is -2.01. The highest BCUT2D eigenvalue weighted by molar-refractivity contribution is 8.22. The molecule has 0 aromatic rings. The molecule has 0 unspecified atom stereocenters. The van der Waals surface area contributed by atoms with E-state index in [0.717, 1.165) is 10.1 Å². The van der Waals surface area contributed by atoms with E-state index in [2.05, 4.69) is 11.8 Å². The Balaban J connectivity index is 2.13. The molecule has 0 radical (unpaired) electrons. The number of nitrogens with zero attached hydrogens (tertiary/aromatic N) is 1. The molecule has 0 N–H and O–H groups in total. The van der Waals surface area contributed by atoms with Crippen LogP contribution in [-0.4, -0.2) is 28.1 Å². The first kappa shape index (κ1) is 6.36. The third kappa shape index (κ3) is 1.63. The van der Waals surface area contributed by atoms with Gasteiger partial charge in [0, 0.05) is 13.1 Å². The molecular formula is C5H9NS2. The lowest BCUT2D eigenvalue weighted by Gasteiger charge is -1.98. The summed E-state index contributed by atoms with van der Waals surface area (Å²) in [4.78, 5) is 2.20. The van der Waals surface area contributed by atoms with E-state index in [0.29, 0.717) is 0 Å². The van der Waals surface area contributed by atoms with Crippen molar-refractivity contribution < 1.29 is 0 Å². The van der Waals surface area contributed by atoms with Gasteiger partial charge in [0.05, 0.1) is 0 Å². The second kappa shape index (κ2) is 2.69. The van der Waals surface area contributed by atoms with Crippen LogP contribution in [0.2, 0.25) is 0 Å². The molecule has 0 atom stereocenters. The van der Waals surface area contributed by atoms with Gasteiger partial charge in [-0.1, -0.05) is 30.9 Å². The minimum Gasteiger partial charge on any atom is -0.354 e. The second-order valence-electron chi connectivity index (χ2n) is 1.69. The van der Waals surface area contributed by atoms with Crippen LogP contribution < -0.4 is 0 Å². The molecule has 0 saturated carbocycles. The minimum absolute atomic E-state index is 1.08. The number of thiocarbonyl (C=S) groups is 1. The van der Waals surface area contributed by atoms with Crippen LogP contribution in [0.4, 0.5) is 0 Å². The summed E-state index contributed by atoms with van der Waals surface area (Å²) >= 11 is 6.79. The van der Waals surface area contributed by atoms with Crippen LogP contribution >= 0.6 is 24.0 Å². The van der Waals surface area contributed by atoms with E-state index in [1.54, 1.807) is 11.8 Å². The van der Waals surface area contributed by atoms with Crippen LogP contribution in [0.5, 0.6) is 0 Å². The summed E-state index contributed by atoms with van der Waals surface area (Å²) in [6, 6.07) is 0. The molecule has 1 aliphatic rings. The lowest BCUT2D eigenvalue weighted by molar-refractivity contribution is 0.884. The fourth-order valence-corrected chi connectivity index (χ4v) is 1.60. The van der Waals surface area contributed by atoms with Crippen LogP contribution in [-0.2, 0) is 0 Å². The molecule has 0 spiro atoms. The topological polar surface area (TPSA) is 3.01 Å². The van der Waals surface area contributed by atoms with E-state index >= 15 is 0 Å². The van der Waals surface area contributed by atoms with E-state index < -0.39 is 0 Å². The maximum Gasteiger partial charge on any atom is 0.136 e. The van der Waals surface area contributed by atoms with Gasteiger partial charge in [0.15, 0.2) is 0 Å². The van der Waals surface area contributed by atoms with Crippen molar-refractivity contribution in [3.63, 3.8) is 0 Å². The maximum absolute atomic E-state index is 5.03. The molecule has 0 aromatic carbocycles. The van der Waals surface area contributed by atoms with Crippen molar-refractivity contribution in [2.75, 3.05) is 18.8 Å². The first-order chi connectivity index (χ1) is 3.84. The van der Waals surface area contributed by atoms with Gasteiger partial charge >= 0.3 is 0 Å². The van der Waals surface area contributed by atoms with Gasteiger partial charge < -0.3 is 4.90 Å². The van der Waals surface area contributed by atoms with Crippen molar-refractivity contribution in [2.45, 2.75) is 6.92 Å². The Labute approximate surface area is 59.4 Å². The zero-order valence-corrected chi connectivity index (χ0v) is 6.52. The molecule has 1 rings (SSSR count). The van der Waals surface area contributed by atoms with Crippen molar-refractivity contribution in [1.82, 2.24) is 4.90 Å². The van der Waals surface area contributed by atoms with Crippen molar-refractivity contribution in [3.05, 3.63) is 0 Å². The molecule has 1 saturated heterocycles. The molecule has 0 amide bonds. The fraction of sp³-hybridized carbons (Fsp3) is 0.800. The Kier molecular flexibility index (Phi) is 2.14. The molecule has 1 heterocycles. The minimum atomic E-state index is 1.08. The summed E-state index contributed by atoms with van der Waals surface area (Å²) in [6.45, 7) is 4.50. The largest absolute Gasteiger partial charge is 0.354 e. The van der Waals surface area contributed by atoms with E-state index in [4.69, 9.17) is 12.2 Å². The molecule has 1 fully saturated rings. The van der Waals surface area contributed by atoms with Gasteiger partial charge in [-0.15, -0.1) is 0 Å². The molecule has 3 heteroatoms. The van der Waals surface area contributed by atoms with Gasteiger partial charge in [0.25, 0.3) is 0 Å². The number of rotatable bonds is 1. The zero-order valence-electron chi connectivity index (χ0n) is 4.89. The Morgan fingerprint density at radius 3 is 2.75 bits per heavy atom. The second-order valence-corrected chi connectivity index (χ2v) is 3.58. The third-order valence-electron chi connectivity index (χ3n) is 0.973. The highest BCUT2D eigenvalue weighted by Gasteiger charge is 2.19. The van der Waals surface area contributed by atoms with Gasteiger partial charge in [0.1, 0.15) is 4.32 Å². The average Bonchev–Trinajstić information content (AvgIpc) is 2.45. The van der Waals surface area contributed by atoms with Crippen LogP contribution in [0.3, 0.4) is 0 Å². The molecular weight excluding hydrogens is 138 g/mol. The van der Waals surface area contributed by atoms with Gasteiger partial charge in [-0.3, -0.25) is 0 Å². The molecule has 0 aromatic heterocycles. The van der Waals surface area contributed by atoms with Gasteiger partial charge in [-0.25, -0.2) is 0 Å². The molecule has 1 aliphatic heterocycles. The van der Waals surface area contributed by atoms with Gasteiger partial charge in [-0.2, -0.15) is 0 Å². The van der Waals surface area contributed by atoms with E-state index in [1.807, 2.05) is 0 Å². The molecule has 0 aliphatic carbocycles. The van der Waals surface area contributed by atoms with Gasteiger partial charge in [-0.05, 0) is 5.75 Å². The Hall–Kier alpha value is 0.240. The summed E-state index contributed by atoms with van der Waals surface area (Å²) in [5.74, 6) is 1.11. The van der Waals surface area contributed by atoms with Crippen molar-refractivity contribution in [2.24, 2.45) is 0 Å². The first-order valence-corrected chi connectivity index (χ1v) is 4.15. The molecule has 46 valence electrons. The van der Waals surface area contributed by atoms with Crippen molar-refractivity contribution in [1.29, 1.82) is 0 Å². The van der Waals surface area contributed by atoms with Crippen LogP contribution in [0.25, 0.3) is 0 Å². The van der Waals surface area contributed by atoms with E-state index in [9.17, 15) is 0 Å². The quantitative estimate of drug-likeness (QED) is 0.407. The fourth-order valence-electron chi connectivity index (χ4n) is 0.447. The van der Waals surface area contributed by atoms with Gasteiger partial charge in [0.2, 0.25) is 0 Å². The Bertz CT molecular complexity index is 98.6. The monoisotopic (exact) mass is 147 g/mol. The first-order valence-electron chi connectivity index (χ1n) is 2.76. The average molecular weight is 147 g/mol. The third-order valence-corrected chi connectivity index (χ3v) is 2.38. The predicted octanol–water partition coefficient (Wildman–Crippen LogP) is 1.34. The van der Waals surface area contributed by atoms with Crippen LogP contribution in [0, 0.1) is 0 Å². The van der Waals surface area contributed by atoms with E-state index in [-0.39, 0.29) is 0 Å². The van der Waals surface area contributed by atoms with E-state index in [1.165, 1.54) is 13.1 Å². The number of hydrogen-bond donors (Lipinski definition) is 0. The highest BCUT2D eigenvalue weighted by atomic mass is 32.2. The Morgan fingerprint density at radius 1 is 1.75 bits per heavy atom. The smallest absolute Gasteiger partial charge is 0.136 e. The van der Waals surface area contributed by atoms with Crippen LogP contribution in [0.1, 0.15) is 6.92 Å². The summed E-state index contributed by atoms with van der Waals surface area (Å²) in [5.41, 5.74) is 0. The van der Waals surface area contributed by atoms with Crippen LogP contribution in [0.15, 0.2) is 0 Å². The molecule has 0 bridgehead atoms. The highest BCUT2D eigenvalue weighted by Crippen LogP contribution is 2.14. The Morgan fingerprint density at radius 2 is 2.38 bits per heavy atom.